The molecular formula is C19H23NO4S. The lowest BCUT2D eigenvalue weighted by Gasteiger charge is -2.24. The summed E-state index contributed by atoms with van der Waals surface area (Å²) in [4.78, 5) is 12.3. The number of ether oxygens (including phenoxy) is 1. The molecule has 0 radical (unpaired) electrons. The van der Waals surface area contributed by atoms with E-state index in [1.165, 1.54) is 12.1 Å². The summed E-state index contributed by atoms with van der Waals surface area (Å²) in [7, 11) is -3.83. The highest BCUT2D eigenvalue weighted by atomic mass is 32.2. The number of carbonyl (C=O) groups excluding carboxylic acids is 1. The van der Waals surface area contributed by atoms with Crippen molar-refractivity contribution in [3.05, 3.63) is 65.7 Å². The van der Waals surface area contributed by atoms with E-state index < -0.39 is 26.9 Å². The van der Waals surface area contributed by atoms with Crippen LogP contribution in [-0.4, -0.2) is 20.1 Å². The molecule has 0 aromatic heterocycles. The van der Waals surface area contributed by atoms with Gasteiger partial charge in [-0.2, -0.15) is 0 Å². The Labute approximate surface area is 148 Å². The van der Waals surface area contributed by atoms with E-state index in [4.69, 9.17) is 4.74 Å². The molecule has 5 nitrogen and oxygen atoms in total. The van der Waals surface area contributed by atoms with Crippen molar-refractivity contribution in [3.8, 4) is 0 Å². The molecule has 1 atom stereocenters. The number of benzene rings is 2. The minimum atomic E-state index is -3.83. The molecule has 2 aromatic carbocycles. The van der Waals surface area contributed by atoms with E-state index in [1.807, 2.05) is 13.0 Å². The minimum absolute atomic E-state index is 0.137. The van der Waals surface area contributed by atoms with Gasteiger partial charge in [0.25, 0.3) is 0 Å². The summed E-state index contributed by atoms with van der Waals surface area (Å²) >= 11 is 0. The van der Waals surface area contributed by atoms with Crippen molar-refractivity contribution < 1.29 is 17.9 Å². The first-order valence-corrected chi connectivity index (χ1v) is 9.49. The summed E-state index contributed by atoms with van der Waals surface area (Å²) in [5, 5.41) is 1.27. The fraction of sp³-hybridized carbons (Fsp3) is 0.316. The predicted molar refractivity (Wildman–Crippen MR) is 96.9 cm³/mol. The van der Waals surface area contributed by atoms with Gasteiger partial charge in [0.1, 0.15) is 5.60 Å². The van der Waals surface area contributed by atoms with Crippen LogP contribution in [-0.2, 0) is 14.6 Å². The molecule has 2 rings (SSSR count). The Kier molecular flexibility index (Phi) is 5.52. The highest BCUT2D eigenvalue weighted by molar-refractivity contribution is 7.91. The summed E-state index contributed by atoms with van der Waals surface area (Å²) in [6.45, 7) is 7.03. The number of sulfone groups is 1. The standard InChI is InChI=1S/C19H23NO4S/c1-14-9-8-10-15(13-14)17(20-18(21)24-19(2,3)4)25(22,23)16-11-6-5-7-12-16/h5-13,17H,1-4H3,(H,20,21). The topological polar surface area (TPSA) is 72.5 Å². The fourth-order valence-electron chi connectivity index (χ4n) is 2.33. The summed E-state index contributed by atoms with van der Waals surface area (Å²) < 4.78 is 31.4. The molecule has 2 aromatic rings. The predicted octanol–water partition coefficient (Wildman–Crippen LogP) is 3.99. The van der Waals surface area contributed by atoms with Crippen LogP contribution in [0.1, 0.15) is 37.3 Å². The van der Waals surface area contributed by atoms with Crippen molar-refractivity contribution in [2.24, 2.45) is 0 Å². The monoisotopic (exact) mass is 361 g/mol. The summed E-state index contributed by atoms with van der Waals surface area (Å²) in [6.07, 6.45) is -0.779. The van der Waals surface area contributed by atoms with Gasteiger partial charge in [-0.3, -0.25) is 0 Å². The molecule has 0 bridgehead atoms. The highest BCUT2D eigenvalue weighted by Crippen LogP contribution is 2.27. The van der Waals surface area contributed by atoms with E-state index >= 15 is 0 Å². The van der Waals surface area contributed by atoms with Crippen molar-refractivity contribution >= 4 is 15.9 Å². The van der Waals surface area contributed by atoms with Gasteiger partial charge in [0.05, 0.1) is 4.90 Å². The molecule has 0 aliphatic heterocycles. The number of hydrogen-bond donors (Lipinski definition) is 1. The molecule has 0 saturated carbocycles. The van der Waals surface area contributed by atoms with Crippen molar-refractivity contribution in [2.45, 2.75) is 43.6 Å². The Hall–Kier alpha value is -2.34. The quantitative estimate of drug-likeness (QED) is 0.894. The van der Waals surface area contributed by atoms with Gasteiger partial charge in [-0.15, -0.1) is 0 Å². The van der Waals surface area contributed by atoms with E-state index in [2.05, 4.69) is 5.32 Å². The SMILES string of the molecule is Cc1cccc(C(NC(=O)OC(C)(C)C)S(=O)(=O)c2ccccc2)c1. The Morgan fingerprint density at radius 3 is 2.24 bits per heavy atom. The zero-order valence-electron chi connectivity index (χ0n) is 14.8. The number of aryl methyl sites for hydroxylation is 1. The Bertz CT molecular complexity index is 839. The summed E-state index contributed by atoms with van der Waals surface area (Å²) in [6, 6.07) is 15.1. The maximum absolute atomic E-state index is 13.1. The third kappa shape index (κ3) is 5.06. The van der Waals surface area contributed by atoms with Gasteiger partial charge in [-0.25, -0.2) is 13.2 Å². The molecular weight excluding hydrogens is 338 g/mol. The van der Waals surface area contributed by atoms with Crippen LogP contribution in [0.3, 0.4) is 0 Å². The zero-order valence-corrected chi connectivity index (χ0v) is 15.6. The maximum Gasteiger partial charge on any atom is 0.408 e. The third-order valence-electron chi connectivity index (χ3n) is 3.37. The molecule has 0 spiro atoms. The molecule has 1 N–H and O–H groups in total. The largest absolute Gasteiger partial charge is 0.444 e. The average molecular weight is 361 g/mol. The molecule has 0 fully saturated rings. The molecule has 0 saturated heterocycles. The molecule has 0 aliphatic carbocycles. The van der Waals surface area contributed by atoms with Crippen LogP contribution in [0.25, 0.3) is 0 Å². The molecule has 134 valence electrons. The Morgan fingerprint density at radius 2 is 1.68 bits per heavy atom. The van der Waals surface area contributed by atoms with Crippen molar-refractivity contribution in [2.75, 3.05) is 0 Å². The van der Waals surface area contributed by atoms with Crippen molar-refractivity contribution in [1.29, 1.82) is 0 Å². The fourth-order valence-corrected chi connectivity index (χ4v) is 3.90. The molecule has 1 unspecified atom stereocenters. The second kappa shape index (κ2) is 7.27. The molecule has 0 aliphatic rings. The van der Waals surface area contributed by atoms with Crippen LogP contribution in [0.5, 0.6) is 0 Å². The summed E-state index contributed by atoms with van der Waals surface area (Å²) in [5.41, 5.74) is 0.657. The van der Waals surface area contributed by atoms with Gasteiger partial charge in [-0.1, -0.05) is 48.0 Å². The maximum atomic E-state index is 13.1. The Morgan fingerprint density at radius 1 is 1.04 bits per heavy atom. The average Bonchev–Trinajstić information content (AvgIpc) is 2.51. The van der Waals surface area contributed by atoms with E-state index in [1.54, 1.807) is 57.2 Å². The lowest BCUT2D eigenvalue weighted by atomic mass is 10.1. The van der Waals surface area contributed by atoms with Crippen LogP contribution in [0, 0.1) is 6.92 Å². The van der Waals surface area contributed by atoms with Crippen LogP contribution in [0.15, 0.2) is 59.5 Å². The summed E-state index contributed by atoms with van der Waals surface area (Å²) in [5.74, 6) is 0. The van der Waals surface area contributed by atoms with Gasteiger partial charge in [0.2, 0.25) is 9.84 Å². The van der Waals surface area contributed by atoms with Crippen LogP contribution in [0.4, 0.5) is 4.79 Å². The van der Waals surface area contributed by atoms with Gasteiger partial charge in [-0.05, 0) is 45.4 Å². The zero-order chi connectivity index (χ0) is 18.7. The van der Waals surface area contributed by atoms with Crippen molar-refractivity contribution in [1.82, 2.24) is 5.32 Å². The number of amides is 1. The first-order valence-electron chi connectivity index (χ1n) is 7.94. The number of rotatable bonds is 4. The van der Waals surface area contributed by atoms with Gasteiger partial charge in [0, 0.05) is 0 Å². The number of nitrogens with one attached hydrogen (secondary N) is 1. The second-order valence-corrected chi connectivity index (χ2v) is 8.83. The lowest BCUT2D eigenvalue weighted by molar-refractivity contribution is 0.0519. The van der Waals surface area contributed by atoms with E-state index in [0.717, 1.165) is 5.56 Å². The van der Waals surface area contributed by atoms with Gasteiger partial charge >= 0.3 is 6.09 Å². The minimum Gasteiger partial charge on any atom is -0.444 e. The first kappa shape index (κ1) is 19.0. The molecule has 0 heterocycles. The van der Waals surface area contributed by atoms with Gasteiger partial charge < -0.3 is 10.1 Å². The Balaban J connectivity index is 2.44. The van der Waals surface area contributed by atoms with E-state index in [9.17, 15) is 13.2 Å². The normalized spacial score (nSPS) is 13.1. The molecule has 6 heteroatoms. The van der Waals surface area contributed by atoms with Crippen LogP contribution >= 0.6 is 0 Å². The van der Waals surface area contributed by atoms with Crippen molar-refractivity contribution in [3.63, 3.8) is 0 Å². The number of carbonyl (C=O) groups is 1. The van der Waals surface area contributed by atoms with Crippen LogP contribution < -0.4 is 5.32 Å². The smallest absolute Gasteiger partial charge is 0.408 e. The van der Waals surface area contributed by atoms with Gasteiger partial charge in [0.15, 0.2) is 5.37 Å². The highest BCUT2D eigenvalue weighted by Gasteiger charge is 2.32. The lowest BCUT2D eigenvalue weighted by Crippen LogP contribution is -2.38. The van der Waals surface area contributed by atoms with E-state index in [-0.39, 0.29) is 4.90 Å². The third-order valence-corrected chi connectivity index (χ3v) is 5.31. The van der Waals surface area contributed by atoms with E-state index in [0.29, 0.717) is 5.56 Å². The molecule has 1 amide bonds. The van der Waals surface area contributed by atoms with Crippen LogP contribution in [0.2, 0.25) is 0 Å². The molecule has 25 heavy (non-hydrogen) atoms. The number of hydrogen-bond acceptors (Lipinski definition) is 4. The first-order chi connectivity index (χ1) is 11.6. The second-order valence-electron chi connectivity index (χ2n) is 6.80. The number of alkyl carbamates (subject to hydrolysis) is 1.